The first-order valence-electron chi connectivity index (χ1n) is 11.2. The van der Waals surface area contributed by atoms with Crippen molar-refractivity contribution in [3.63, 3.8) is 0 Å². The van der Waals surface area contributed by atoms with Gasteiger partial charge in [0.1, 0.15) is 12.2 Å². The Balaban J connectivity index is 1.70. The molecule has 0 saturated carbocycles. The van der Waals surface area contributed by atoms with Crippen molar-refractivity contribution >= 4 is 23.8 Å². The highest BCUT2D eigenvalue weighted by molar-refractivity contribution is 6.17. The van der Waals surface area contributed by atoms with Crippen molar-refractivity contribution in [3.8, 4) is 0 Å². The molecule has 1 aromatic heterocycles. The van der Waals surface area contributed by atoms with Gasteiger partial charge in [-0.1, -0.05) is 36.4 Å². The summed E-state index contributed by atoms with van der Waals surface area (Å²) in [5.74, 6) is 0.319. The van der Waals surface area contributed by atoms with E-state index in [0.29, 0.717) is 38.2 Å². The average Bonchev–Trinajstić information content (AvgIpc) is 3.20. The van der Waals surface area contributed by atoms with Crippen molar-refractivity contribution < 1.29 is 19.1 Å². The van der Waals surface area contributed by atoms with Crippen LogP contribution in [0.4, 0.5) is 9.59 Å². The van der Waals surface area contributed by atoms with Gasteiger partial charge in [-0.3, -0.25) is 4.98 Å². The van der Waals surface area contributed by atoms with Crippen LogP contribution in [0.25, 0.3) is 0 Å². The van der Waals surface area contributed by atoms with Crippen LogP contribution in [0.15, 0.2) is 48.7 Å². The van der Waals surface area contributed by atoms with Gasteiger partial charge in [0.15, 0.2) is 0 Å². The van der Waals surface area contributed by atoms with E-state index >= 15 is 0 Å². The van der Waals surface area contributed by atoms with Crippen LogP contribution in [0.3, 0.4) is 0 Å². The van der Waals surface area contributed by atoms with Gasteiger partial charge in [0.05, 0.1) is 17.1 Å². The number of amides is 2. The minimum atomic E-state index is -0.635. The van der Waals surface area contributed by atoms with Gasteiger partial charge in [-0.25, -0.2) is 9.59 Å². The molecule has 8 heteroatoms. The second kappa shape index (κ2) is 10.9. The molecule has 1 saturated heterocycles. The third-order valence-electron chi connectivity index (χ3n) is 5.57. The minimum Gasteiger partial charge on any atom is -0.445 e. The third-order valence-corrected chi connectivity index (χ3v) is 5.82. The lowest BCUT2D eigenvalue weighted by Crippen LogP contribution is -2.51. The number of alkyl halides is 1. The Labute approximate surface area is 200 Å². The molecule has 0 spiro atoms. The van der Waals surface area contributed by atoms with Gasteiger partial charge in [0.2, 0.25) is 0 Å². The number of benzene rings is 1. The van der Waals surface area contributed by atoms with Crippen molar-refractivity contribution in [2.75, 3.05) is 13.1 Å². The molecule has 0 bridgehead atoms. The molecular weight excluding hydrogens is 442 g/mol. The predicted octanol–water partition coefficient (Wildman–Crippen LogP) is 5.06. The summed E-state index contributed by atoms with van der Waals surface area (Å²) < 4.78 is 11.0. The maximum Gasteiger partial charge on any atom is 0.410 e. The van der Waals surface area contributed by atoms with Crippen LogP contribution in [-0.4, -0.2) is 46.3 Å². The van der Waals surface area contributed by atoms with E-state index in [1.165, 1.54) is 0 Å². The van der Waals surface area contributed by atoms with Gasteiger partial charge in [0, 0.05) is 19.3 Å². The first kappa shape index (κ1) is 24.8. The first-order valence-corrected chi connectivity index (χ1v) is 11.7. The zero-order valence-electron chi connectivity index (χ0n) is 19.5. The first-order chi connectivity index (χ1) is 15.7. The Bertz CT molecular complexity index is 948. The number of halogens is 1. The lowest BCUT2D eigenvalue weighted by molar-refractivity contribution is 0.0277. The van der Waals surface area contributed by atoms with Crippen LogP contribution in [0.2, 0.25) is 0 Å². The Morgan fingerprint density at radius 1 is 1.18 bits per heavy atom. The predicted molar refractivity (Wildman–Crippen MR) is 127 cm³/mol. The van der Waals surface area contributed by atoms with Crippen LogP contribution < -0.4 is 5.32 Å². The van der Waals surface area contributed by atoms with E-state index in [0.717, 1.165) is 16.8 Å². The van der Waals surface area contributed by atoms with Crippen LogP contribution >= 0.6 is 11.6 Å². The molecule has 0 aliphatic carbocycles. The summed E-state index contributed by atoms with van der Waals surface area (Å²) in [6.07, 6.45) is 2.71. The summed E-state index contributed by atoms with van der Waals surface area (Å²) in [4.78, 5) is 31.4. The number of nitrogens with one attached hydrogen (secondary N) is 1. The number of alkyl carbamates (subject to hydrolysis) is 1. The number of likely N-dealkylation sites (tertiary alicyclic amines) is 1. The monoisotopic (exact) mass is 473 g/mol. The number of ether oxygens (including phenoxy) is 2. The van der Waals surface area contributed by atoms with E-state index < -0.39 is 17.2 Å². The maximum atomic E-state index is 12.7. The largest absolute Gasteiger partial charge is 0.445 e. The Morgan fingerprint density at radius 2 is 1.94 bits per heavy atom. The molecule has 2 heterocycles. The number of pyridine rings is 1. The molecule has 7 nitrogen and oxygen atoms in total. The SMILES string of the molecule is CC(C)(C)OC(=O)N1CC[C@](CCc2cccnc2CCl)(NC(=O)OCc2ccccc2)C1. The van der Waals surface area contributed by atoms with Gasteiger partial charge in [-0.2, -0.15) is 0 Å². The van der Waals surface area contributed by atoms with Gasteiger partial charge in [0.25, 0.3) is 0 Å². The molecule has 1 atom stereocenters. The standard InChI is InChI=1S/C25H32ClN3O4/c1-24(2,3)33-23(31)29-15-13-25(18-29,12-11-20-10-7-14-27-21(20)16-26)28-22(30)32-17-19-8-5-4-6-9-19/h4-10,14H,11-13,15-18H2,1-3H3,(H,28,30)/t25-/m0/s1. The second-order valence-corrected chi connectivity index (χ2v) is 9.63. The second-order valence-electron chi connectivity index (χ2n) is 9.36. The summed E-state index contributed by atoms with van der Waals surface area (Å²) in [5, 5.41) is 3.05. The average molecular weight is 474 g/mol. The van der Waals surface area contributed by atoms with Crippen molar-refractivity contribution in [2.45, 2.75) is 63.7 Å². The molecule has 1 aliphatic heterocycles. The lowest BCUT2D eigenvalue weighted by atomic mass is 9.90. The molecule has 0 radical (unpaired) electrons. The lowest BCUT2D eigenvalue weighted by Gasteiger charge is -2.31. The van der Waals surface area contributed by atoms with Gasteiger partial charge in [-0.15, -0.1) is 11.6 Å². The molecule has 1 aliphatic rings. The summed E-state index contributed by atoms with van der Waals surface area (Å²) in [6, 6.07) is 13.4. The Kier molecular flexibility index (Phi) is 8.19. The number of carbonyl (C=O) groups is 2. The van der Waals surface area contributed by atoms with Gasteiger partial charge < -0.3 is 19.7 Å². The zero-order valence-corrected chi connectivity index (χ0v) is 20.2. The summed E-state index contributed by atoms with van der Waals surface area (Å²) >= 11 is 6.05. The Morgan fingerprint density at radius 3 is 2.64 bits per heavy atom. The molecule has 1 fully saturated rings. The number of aromatic nitrogens is 1. The third kappa shape index (κ3) is 7.35. The number of rotatable bonds is 7. The number of aryl methyl sites for hydroxylation is 1. The Hall–Kier alpha value is -2.80. The molecule has 178 valence electrons. The molecule has 0 unspecified atom stereocenters. The van der Waals surface area contributed by atoms with Crippen molar-refractivity contribution in [3.05, 3.63) is 65.5 Å². The van der Waals surface area contributed by atoms with E-state index in [1.54, 1.807) is 11.1 Å². The highest BCUT2D eigenvalue weighted by Gasteiger charge is 2.42. The van der Waals surface area contributed by atoms with Crippen molar-refractivity contribution in [2.24, 2.45) is 0 Å². The van der Waals surface area contributed by atoms with Crippen LogP contribution in [0, 0.1) is 0 Å². The van der Waals surface area contributed by atoms with Gasteiger partial charge in [-0.05, 0) is 57.2 Å². The summed E-state index contributed by atoms with van der Waals surface area (Å²) in [7, 11) is 0. The van der Waals surface area contributed by atoms with E-state index in [4.69, 9.17) is 21.1 Å². The molecule has 3 rings (SSSR count). The van der Waals surface area contributed by atoms with Gasteiger partial charge >= 0.3 is 12.2 Å². The fourth-order valence-corrected chi connectivity index (χ4v) is 4.13. The number of carbonyl (C=O) groups excluding carboxylic acids is 2. The fourth-order valence-electron chi connectivity index (χ4n) is 3.89. The van der Waals surface area contributed by atoms with E-state index in [-0.39, 0.29) is 12.7 Å². The van der Waals surface area contributed by atoms with E-state index in [9.17, 15) is 9.59 Å². The molecular formula is C25H32ClN3O4. The zero-order chi connectivity index (χ0) is 23.9. The molecule has 1 N–H and O–H groups in total. The quantitative estimate of drug-likeness (QED) is 0.568. The summed E-state index contributed by atoms with van der Waals surface area (Å²) in [6.45, 7) is 6.52. The maximum absolute atomic E-state index is 12.7. The topological polar surface area (TPSA) is 80.8 Å². The van der Waals surface area contributed by atoms with E-state index in [1.807, 2.05) is 63.2 Å². The normalized spacial score (nSPS) is 18.1. The fraction of sp³-hybridized carbons (Fsp3) is 0.480. The minimum absolute atomic E-state index is 0.178. The molecule has 2 aromatic rings. The number of hydrogen-bond acceptors (Lipinski definition) is 5. The molecule has 1 aromatic carbocycles. The smallest absolute Gasteiger partial charge is 0.410 e. The van der Waals surface area contributed by atoms with Crippen LogP contribution in [0.1, 0.15) is 50.4 Å². The van der Waals surface area contributed by atoms with E-state index in [2.05, 4.69) is 10.3 Å². The van der Waals surface area contributed by atoms with Crippen molar-refractivity contribution in [1.82, 2.24) is 15.2 Å². The van der Waals surface area contributed by atoms with Crippen LogP contribution in [-0.2, 0) is 28.4 Å². The number of nitrogens with zero attached hydrogens (tertiary/aromatic N) is 2. The van der Waals surface area contributed by atoms with Crippen molar-refractivity contribution in [1.29, 1.82) is 0 Å². The molecule has 33 heavy (non-hydrogen) atoms. The highest BCUT2D eigenvalue weighted by Crippen LogP contribution is 2.29. The summed E-state index contributed by atoms with van der Waals surface area (Å²) in [5.41, 5.74) is 1.54. The molecule has 2 amide bonds. The number of hydrogen-bond donors (Lipinski definition) is 1. The highest BCUT2D eigenvalue weighted by atomic mass is 35.5. The van der Waals surface area contributed by atoms with Crippen LogP contribution in [0.5, 0.6) is 0 Å².